The van der Waals surface area contributed by atoms with Crippen molar-refractivity contribution in [3.63, 3.8) is 0 Å². The second-order valence-corrected chi connectivity index (χ2v) is 4.39. The van der Waals surface area contributed by atoms with Crippen LogP contribution in [-0.4, -0.2) is 25.0 Å². The summed E-state index contributed by atoms with van der Waals surface area (Å²) < 4.78 is 0. The largest absolute Gasteiger partial charge is 0.493 e. The van der Waals surface area contributed by atoms with E-state index in [-0.39, 0.29) is 34.6 Å². The number of aryl methyl sites for hydroxylation is 1. The van der Waals surface area contributed by atoms with Gasteiger partial charge in [0.1, 0.15) is 0 Å². The molecule has 0 atom stereocenters. The van der Waals surface area contributed by atoms with Gasteiger partial charge >= 0.3 is 0 Å². The first kappa shape index (κ1) is 12.2. The highest BCUT2D eigenvalue weighted by molar-refractivity contribution is 5.45. The first-order chi connectivity index (χ1) is 8.49. The highest BCUT2D eigenvalue weighted by Crippen LogP contribution is 2.20. The molecule has 94 valence electrons. The number of aromatic nitrogens is 4. The van der Waals surface area contributed by atoms with Crippen LogP contribution in [0.2, 0.25) is 0 Å². The predicted octanol–water partition coefficient (Wildman–Crippen LogP) is 1.36. The second kappa shape index (κ2) is 4.56. The molecule has 2 heterocycles. The van der Waals surface area contributed by atoms with E-state index in [4.69, 9.17) is 0 Å². The molecule has 0 aliphatic carbocycles. The van der Waals surface area contributed by atoms with E-state index in [9.17, 15) is 9.90 Å². The van der Waals surface area contributed by atoms with Crippen molar-refractivity contribution in [2.45, 2.75) is 26.7 Å². The molecular weight excluding hydrogens is 232 g/mol. The van der Waals surface area contributed by atoms with Gasteiger partial charge in [-0.15, -0.1) is 0 Å². The molecule has 0 amide bonds. The Morgan fingerprint density at radius 2 is 1.89 bits per heavy atom. The molecule has 2 N–H and O–H groups in total. The first-order valence-corrected chi connectivity index (χ1v) is 5.61. The molecule has 2 aromatic heterocycles. The molecule has 0 fully saturated rings. The molecule has 0 saturated carbocycles. The molecule has 0 spiro atoms. The van der Waals surface area contributed by atoms with Gasteiger partial charge in [0.15, 0.2) is 11.6 Å². The van der Waals surface area contributed by atoms with Crippen LogP contribution in [0.4, 0.5) is 0 Å². The fourth-order valence-corrected chi connectivity index (χ4v) is 1.61. The Bertz CT molecular complexity index is 617. The Kier molecular flexibility index (Phi) is 3.10. The summed E-state index contributed by atoms with van der Waals surface area (Å²) in [5, 5.41) is 9.77. The van der Waals surface area contributed by atoms with E-state index in [1.807, 2.05) is 20.8 Å². The van der Waals surface area contributed by atoms with Crippen LogP contribution in [0.15, 0.2) is 17.2 Å². The molecule has 0 aromatic carbocycles. The van der Waals surface area contributed by atoms with E-state index in [1.54, 1.807) is 12.4 Å². The number of H-pyrrole nitrogens is 1. The fourth-order valence-electron chi connectivity index (χ4n) is 1.61. The van der Waals surface area contributed by atoms with Crippen LogP contribution in [0, 0.1) is 6.92 Å². The molecule has 0 aliphatic rings. The lowest BCUT2D eigenvalue weighted by Gasteiger charge is -2.07. The second-order valence-electron chi connectivity index (χ2n) is 4.39. The van der Waals surface area contributed by atoms with Crippen LogP contribution >= 0.6 is 0 Å². The van der Waals surface area contributed by atoms with E-state index in [0.717, 1.165) is 5.56 Å². The van der Waals surface area contributed by atoms with Gasteiger partial charge in [0.2, 0.25) is 5.88 Å². The van der Waals surface area contributed by atoms with Gasteiger partial charge in [0.05, 0.1) is 5.56 Å². The number of aromatic amines is 1. The number of nitrogens with zero attached hydrogens (tertiary/aromatic N) is 3. The van der Waals surface area contributed by atoms with Gasteiger partial charge in [-0.05, 0) is 18.4 Å². The first-order valence-electron chi connectivity index (χ1n) is 5.61. The van der Waals surface area contributed by atoms with Gasteiger partial charge in [-0.25, -0.2) is 9.97 Å². The third-order valence-electron chi connectivity index (χ3n) is 2.51. The van der Waals surface area contributed by atoms with Crippen molar-refractivity contribution in [2.75, 3.05) is 0 Å². The van der Waals surface area contributed by atoms with Gasteiger partial charge in [-0.1, -0.05) is 13.8 Å². The Morgan fingerprint density at radius 3 is 2.39 bits per heavy atom. The lowest BCUT2D eigenvalue weighted by Crippen LogP contribution is -2.16. The molecule has 0 saturated heterocycles. The monoisotopic (exact) mass is 246 g/mol. The molecule has 0 aliphatic heterocycles. The van der Waals surface area contributed by atoms with E-state index in [0.29, 0.717) is 0 Å². The summed E-state index contributed by atoms with van der Waals surface area (Å²) in [6.45, 7) is 5.49. The van der Waals surface area contributed by atoms with Crippen LogP contribution < -0.4 is 5.56 Å². The quantitative estimate of drug-likeness (QED) is 0.834. The number of aromatic hydroxyl groups is 1. The van der Waals surface area contributed by atoms with Crippen molar-refractivity contribution >= 4 is 0 Å². The van der Waals surface area contributed by atoms with Crippen LogP contribution in [0.3, 0.4) is 0 Å². The lowest BCUT2D eigenvalue weighted by atomic mass is 10.1. The molecule has 0 bridgehead atoms. The molecule has 0 unspecified atom stereocenters. The Balaban J connectivity index is 2.55. The summed E-state index contributed by atoms with van der Waals surface area (Å²) in [5.41, 5.74) is 0.812. The number of hydrogen-bond acceptors (Lipinski definition) is 5. The lowest BCUT2D eigenvalue weighted by molar-refractivity contribution is 0.440. The standard InChI is InChI=1S/C12H14N4O2/c1-6(2)8-11(17)15-10(16-12(8)18)9-13-4-7(3)5-14-9/h4-6H,1-3H3,(H2,15,16,17,18). The summed E-state index contributed by atoms with van der Waals surface area (Å²) in [7, 11) is 0. The number of hydrogen-bond donors (Lipinski definition) is 2. The maximum Gasteiger partial charge on any atom is 0.258 e. The van der Waals surface area contributed by atoms with Crippen molar-refractivity contribution in [1.82, 2.24) is 19.9 Å². The zero-order valence-corrected chi connectivity index (χ0v) is 10.4. The third kappa shape index (κ3) is 2.22. The highest BCUT2D eigenvalue weighted by atomic mass is 16.3. The maximum absolute atomic E-state index is 11.8. The molecule has 2 rings (SSSR count). The summed E-state index contributed by atoms with van der Waals surface area (Å²) >= 11 is 0. The molecule has 2 aromatic rings. The molecule has 6 heteroatoms. The normalized spacial score (nSPS) is 10.9. The van der Waals surface area contributed by atoms with Gasteiger partial charge in [0, 0.05) is 12.4 Å². The Labute approximate surface area is 104 Å². The van der Waals surface area contributed by atoms with Crippen molar-refractivity contribution in [1.29, 1.82) is 0 Å². The average molecular weight is 246 g/mol. The van der Waals surface area contributed by atoms with E-state index >= 15 is 0 Å². The summed E-state index contributed by atoms with van der Waals surface area (Å²) in [6.07, 6.45) is 3.24. The third-order valence-corrected chi connectivity index (χ3v) is 2.51. The predicted molar refractivity (Wildman–Crippen MR) is 66.4 cm³/mol. The van der Waals surface area contributed by atoms with Gasteiger partial charge in [0.25, 0.3) is 5.56 Å². The van der Waals surface area contributed by atoms with Gasteiger partial charge in [-0.3, -0.25) is 4.79 Å². The zero-order valence-electron chi connectivity index (χ0n) is 10.4. The zero-order chi connectivity index (χ0) is 13.3. The van der Waals surface area contributed by atoms with E-state index in [2.05, 4.69) is 19.9 Å². The minimum atomic E-state index is -0.364. The molecular formula is C12H14N4O2. The fraction of sp³-hybridized carbons (Fsp3) is 0.333. The van der Waals surface area contributed by atoms with Crippen molar-refractivity contribution < 1.29 is 5.11 Å². The van der Waals surface area contributed by atoms with Gasteiger partial charge in [-0.2, -0.15) is 4.98 Å². The summed E-state index contributed by atoms with van der Waals surface area (Å²) in [4.78, 5) is 26.4. The topological polar surface area (TPSA) is 91.8 Å². The number of nitrogens with one attached hydrogen (secondary N) is 1. The summed E-state index contributed by atoms with van der Waals surface area (Å²) in [6, 6.07) is 0. The number of rotatable bonds is 2. The van der Waals surface area contributed by atoms with Crippen LogP contribution in [-0.2, 0) is 0 Å². The smallest absolute Gasteiger partial charge is 0.258 e. The van der Waals surface area contributed by atoms with Crippen LogP contribution in [0.25, 0.3) is 11.6 Å². The van der Waals surface area contributed by atoms with Crippen LogP contribution in [0.5, 0.6) is 5.88 Å². The van der Waals surface area contributed by atoms with Gasteiger partial charge < -0.3 is 10.1 Å². The summed E-state index contributed by atoms with van der Waals surface area (Å²) in [5.74, 6) is 0.0763. The van der Waals surface area contributed by atoms with E-state index in [1.165, 1.54) is 0 Å². The van der Waals surface area contributed by atoms with Crippen molar-refractivity contribution in [2.24, 2.45) is 0 Å². The highest BCUT2D eigenvalue weighted by Gasteiger charge is 2.15. The molecule has 0 radical (unpaired) electrons. The minimum Gasteiger partial charge on any atom is -0.493 e. The van der Waals surface area contributed by atoms with Crippen molar-refractivity contribution in [3.05, 3.63) is 33.9 Å². The average Bonchev–Trinajstić information content (AvgIpc) is 2.28. The molecule has 6 nitrogen and oxygen atoms in total. The minimum absolute atomic E-state index is 0.103. The van der Waals surface area contributed by atoms with E-state index < -0.39 is 0 Å². The Hall–Kier alpha value is -2.24. The Morgan fingerprint density at radius 1 is 1.28 bits per heavy atom. The maximum atomic E-state index is 11.8. The SMILES string of the molecule is Cc1cnc(-c2nc(O)c(C(C)C)c(=O)[nH]2)nc1. The van der Waals surface area contributed by atoms with Crippen molar-refractivity contribution in [3.8, 4) is 17.5 Å². The van der Waals surface area contributed by atoms with Crippen LogP contribution in [0.1, 0.15) is 30.9 Å². The molecule has 18 heavy (non-hydrogen) atoms.